The molecule has 2 nitrogen and oxygen atoms in total. The largest absolute Gasteiger partial charge is 0.462 e. The average molecular weight is 417 g/mol. The standard InChI is InChI=1S/C23H42F2O2Si/c1-21(2)22(26)27-19-17-15-13-11-9-7-5-3-4-6-8-10-12-14-16-18-20-28-23(24)25/h23H,1,3-20H2,2H3. The Kier molecular flexibility index (Phi) is 20.5. The monoisotopic (exact) mass is 416 g/mol. The van der Waals surface area contributed by atoms with Gasteiger partial charge in [-0.3, -0.25) is 0 Å². The molecule has 0 aliphatic carbocycles. The molecule has 2 radical (unpaired) electrons. The quantitative estimate of drug-likeness (QED) is 0.0829. The summed E-state index contributed by atoms with van der Waals surface area (Å²) in [5.74, 6) is -0.275. The van der Waals surface area contributed by atoms with E-state index in [9.17, 15) is 13.6 Å². The van der Waals surface area contributed by atoms with Crippen molar-refractivity contribution in [1.82, 2.24) is 0 Å². The van der Waals surface area contributed by atoms with E-state index in [1.54, 1.807) is 6.92 Å². The first-order chi connectivity index (χ1) is 13.5. The first-order valence-corrected chi connectivity index (χ1v) is 12.7. The van der Waals surface area contributed by atoms with Crippen LogP contribution in [0.25, 0.3) is 0 Å². The average Bonchev–Trinajstić information content (AvgIpc) is 2.65. The Hall–Kier alpha value is -0.713. The van der Waals surface area contributed by atoms with Crippen LogP contribution in [0.3, 0.4) is 0 Å². The van der Waals surface area contributed by atoms with Gasteiger partial charge in [-0.25, -0.2) is 13.6 Å². The summed E-state index contributed by atoms with van der Waals surface area (Å²) in [4.78, 5) is 11.2. The zero-order valence-corrected chi connectivity index (χ0v) is 19.1. The lowest BCUT2D eigenvalue weighted by Gasteiger charge is -2.05. The first-order valence-electron chi connectivity index (χ1n) is 11.4. The maximum atomic E-state index is 12.0. The minimum atomic E-state index is -2.09. The van der Waals surface area contributed by atoms with Crippen molar-refractivity contribution in [2.24, 2.45) is 0 Å². The molecule has 0 amide bonds. The first kappa shape index (κ1) is 27.3. The number of alkyl halides is 2. The van der Waals surface area contributed by atoms with Crippen LogP contribution in [0.1, 0.15) is 110 Å². The summed E-state index contributed by atoms with van der Waals surface area (Å²) in [7, 11) is -0.155. The summed E-state index contributed by atoms with van der Waals surface area (Å²) in [5.41, 5.74) is 0.472. The van der Waals surface area contributed by atoms with Gasteiger partial charge in [0.05, 0.1) is 6.61 Å². The van der Waals surface area contributed by atoms with Crippen LogP contribution in [0.15, 0.2) is 12.2 Å². The topological polar surface area (TPSA) is 26.3 Å². The van der Waals surface area contributed by atoms with Gasteiger partial charge in [0.25, 0.3) is 0 Å². The van der Waals surface area contributed by atoms with Crippen LogP contribution in [0.2, 0.25) is 6.04 Å². The predicted octanol–water partition coefficient (Wildman–Crippen LogP) is 7.69. The van der Waals surface area contributed by atoms with Crippen molar-refractivity contribution in [3.63, 3.8) is 0 Å². The molecule has 0 saturated carbocycles. The zero-order chi connectivity index (χ0) is 20.9. The number of halogens is 2. The van der Waals surface area contributed by atoms with Gasteiger partial charge in [0.1, 0.15) is 9.52 Å². The van der Waals surface area contributed by atoms with E-state index in [4.69, 9.17) is 4.74 Å². The lowest BCUT2D eigenvalue weighted by atomic mass is 10.0. The number of hydrogen-bond acceptors (Lipinski definition) is 2. The number of ether oxygens (including phenoxy) is 1. The highest BCUT2D eigenvalue weighted by atomic mass is 28.2. The van der Waals surface area contributed by atoms with E-state index in [0.717, 1.165) is 25.7 Å². The van der Waals surface area contributed by atoms with E-state index in [1.165, 1.54) is 77.0 Å². The third-order valence-corrected chi connectivity index (χ3v) is 5.90. The molecule has 0 fully saturated rings. The minimum Gasteiger partial charge on any atom is -0.462 e. The number of rotatable bonds is 21. The number of unbranched alkanes of at least 4 members (excludes halogenated alkanes) is 15. The number of carbonyl (C=O) groups excluding carboxylic acids is 1. The SMILES string of the molecule is C=C(C)C(=O)OCCCCCCCCCCCCCCCCCC[Si]C(F)F. The Morgan fingerprint density at radius 2 is 1.11 bits per heavy atom. The molecule has 28 heavy (non-hydrogen) atoms. The smallest absolute Gasteiger partial charge is 0.333 e. The number of carbonyl (C=O) groups is 1. The van der Waals surface area contributed by atoms with Crippen molar-refractivity contribution >= 4 is 15.5 Å². The summed E-state index contributed by atoms with van der Waals surface area (Å²) in [5, 5.41) is 0. The van der Waals surface area contributed by atoms with Crippen molar-refractivity contribution in [3.05, 3.63) is 12.2 Å². The highest BCUT2D eigenvalue weighted by Crippen LogP contribution is 2.14. The fourth-order valence-electron chi connectivity index (χ4n) is 3.20. The van der Waals surface area contributed by atoms with Crippen LogP contribution >= 0.6 is 0 Å². The Bertz CT molecular complexity index is 376. The normalized spacial score (nSPS) is 11.1. The maximum Gasteiger partial charge on any atom is 0.333 e. The van der Waals surface area contributed by atoms with E-state index in [0.29, 0.717) is 18.2 Å². The van der Waals surface area contributed by atoms with Crippen LogP contribution in [-0.4, -0.2) is 28.1 Å². The van der Waals surface area contributed by atoms with Crippen molar-refractivity contribution in [2.75, 3.05) is 6.61 Å². The summed E-state index contributed by atoms with van der Waals surface area (Å²) in [6.45, 7) is 5.76. The Labute approximate surface area is 174 Å². The lowest BCUT2D eigenvalue weighted by molar-refractivity contribution is -0.139. The fourth-order valence-corrected chi connectivity index (χ4v) is 3.87. The van der Waals surface area contributed by atoms with E-state index >= 15 is 0 Å². The van der Waals surface area contributed by atoms with E-state index in [2.05, 4.69) is 6.58 Å². The van der Waals surface area contributed by atoms with Crippen LogP contribution in [-0.2, 0) is 9.53 Å². The zero-order valence-electron chi connectivity index (χ0n) is 18.1. The second kappa shape index (κ2) is 21.0. The van der Waals surface area contributed by atoms with Gasteiger partial charge in [-0.05, 0) is 13.3 Å². The van der Waals surface area contributed by atoms with Gasteiger partial charge >= 0.3 is 5.97 Å². The summed E-state index contributed by atoms with van der Waals surface area (Å²) in [6, 6.07) is -1.38. The molecular formula is C23H42F2O2Si. The minimum absolute atomic E-state index is 0.155. The van der Waals surface area contributed by atoms with Gasteiger partial charge in [0.15, 0.2) is 0 Å². The second-order valence-electron chi connectivity index (χ2n) is 7.83. The molecule has 0 N–H and O–H groups in total. The lowest BCUT2D eigenvalue weighted by Crippen LogP contribution is -2.05. The molecule has 5 heteroatoms. The summed E-state index contributed by atoms with van der Waals surface area (Å²) >= 11 is 0. The van der Waals surface area contributed by atoms with Crippen LogP contribution in [0, 0.1) is 0 Å². The fraction of sp³-hybridized carbons (Fsp3) is 0.870. The molecule has 0 bridgehead atoms. The van der Waals surface area contributed by atoms with Crippen molar-refractivity contribution in [1.29, 1.82) is 0 Å². The number of esters is 1. The molecule has 0 unspecified atom stereocenters. The van der Waals surface area contributed by atoms with Crippen LogP contribution < -0.4 is 0 Å². The Morgan fingerprint density at radius 3 is 1.46 bits per heavy atom. The van der Waals surface area contributed by atoms with Crippen LogP contribution in [0.5, 0.6) is 0 Å². The van der Waals surface area contributed by atoms with Gasteiger partial charge in [-0.15, -0.1) is 0 Å². The second-order valence-corrected chi connectivity index (χ2v) is 9.17. The Morgan fingerprint density at radius 1 is 0.750 bits per heavy atom. The van der Waals surface area contributed by atoms with Gasteiger partial charge in [0, 0.05) is 5.57 Å². The van der Waals surface area contributed by atoms with Crippen LogP contribution in [0.4, 0.5) is 8.78 Å². The summed E-state index contributed by atoms with van der Waals surface area (Å²) in [6.07, 6.45) is 19.9. The molecule has 0 aliphatic rings. The predicted molar refractivity (Wildman–Crippen MR) is 116 cm³/mol. The van der Waals surface area contributed by atoms with E-state index < -0.39 is 6.05 Å². The van der Waals surface area contributed by atoms with Gasteiger partial charge in [-0.2, -0.15) is 0 Å². The summed E-state index contributed by atoms with van der Waals surface area (Å²) < 4.78 is 29.1. The van der Waals surface area contributed by atoms with Crippen molar-refractivity contribution in [3.8, 4) is 0 Å². The highest BCUT2D eigenvalue weighted by molar-refractivity contribution is 6.36. The molecule has 0 aromatic rings. The molecule has 0 aliphatic heterocycles. The third-order valence-electron chi connectivity index (χ3n) is 4.95. The Balaban J connectivity index is 3.07. The molecule has 0 aromatic carbocycles. The van der Waals surface area contributed by atoms with Crippen molar-refractivity contribution < 1.29 is 18.3 Å². The maximum absolute atomic E-state index is 12.0. The molecule has 0 spiro atoms. The molecule has 0 saturated heterocycles. The van der Waals surface area contributed by atoms with E-state index in [-0.39, 0.29) is 15.5 Å². The number of hydrogen-bond donors (Lipinski definition) is 0. The highest BCUT2D eigenvalue weighted by Gasteiger charge is 2.03. The molecule has 164 valence electrons. The third kappa shape index (κ3) is 21.6. The molecule has 0 atom stereocenters. The van der Waals surface area contributed by atoms with Gasteiger partial charge < -0.3 is 4.74 Å². The molecule has 0 aromatic heterocycles. The van der Waals surface area contributed by atoms with Crippen molar-refractivity contribution in [2.45, 2.75) is 122 Å². The van der Waals surface area contributed by atoms with Gasteiger partial charge in [0.2, 0.25) is 6.05 Å². The molecular weight excluding hydrogens is 374 g/mol. The molecule has 0 heterocycles. The van der Waals surface area contributed by atoms with Gasteiger partial charge in [-0.1, -0.05) is 109 Å². The molecule has 0 rings (SSSR count). The van der Waals surface area contributed by atoms with E-state index in [1.807, 2.05) is 0 Å².